The average molecular weight is 1140 g/mol. The molecular weight excluding hydrogens is 1080 g/mol. The van der Waals surface area contributed by atoms with Gasteiger partial charge in [0.2, 0.25) is 11.9 Å². The molecule has 0 saturated heterocycles. The highest BCUT2D eigenvalue weighted by molar-refractivity contribution is 6.40. The van der Waals surface area contributed by atoms with Crippen molar-refractivity contribution >= 4 is 64.6 Å². The third-order valence-electron chi connectivity index (χ3n) is 10.2. The molecule has 7 N–H and O–H groups in total. The number of hydrogen-bond acceptors (Lipinski definition) is 11. The molecule has 2 heterocycles. The summed E-state index contributed by atoms with van der Waals surface area (Å²) >= 11 is 9.53. The van der Waals surface area contributed by atoms with Gasteiger partial charge < -0.3 is 35.1 Å². The van der Waals surface area contributed by atoms with Gasteiger partial charge in [-0.2, -0.15) is 0 Å². The van der Waals surface area contributed by atoms with E-state index in [1.165, 1.54) is 48.8 Å². The first-order valence-corrected chi connectivity index (χ1v) is 25.0. The van der Waals surface area contributed by atoms with Crippen molar-refractivity contribution in [1.29, 1.82) is 0 Å². The van der Waals surface area contributed by atoms with Crippen LogP contribution >= 0.6 is 23.2 Å². The number of nitrogens with one attached hydrogen (secondary N) is 7. The molecule has 0 spiro atoms. The highest BCUT2D eigenvalue weighted by Crippen LogP contribution is 2.31. The fraction of sp³-hybridized carbons (Fsp3) is 0.327. The van der Waals surface area contributed by atoms with Gasteiger partial charge in [0.1, 0.15) is 5.60 Å². The van der Waals surface area contributed by atoms with Crippen molar-refractivity contribution in [2.45, 2.75) is 91.7 Å². The molecule has 0 bridgehead atoms. The molecule has 4 aromatic carbocycles. The number of halogens is 8. The number of unbranched alkanes of at least 4 members (excludes halogenated alkanes) is 2. The minimum absolute atomic E-state index is 0.169. The summed E-state index contributed by atoms with van der Waals surface area (Å²) in [6, 6.07) is 22.7. The lowest BCUT2D eigenvalue weighted by Crippen LogP contribution is -2.37. The van der Waals surface area contributed by atoms with Gasteiger partial charge in [-0.3, -0.25) is 30.2 Å². The maximum atomic E-state index is 12.7. The number of amides is 5. The Morgan fingerprint density at radius 3 is 1.44 bits per heavy atom. The number of anilines is 4. The van der Waals surface area contributed by atoms with Crippen molar-refractivity contribution in [3.63, 3.8) is 0 Å². The number of para-hydroxylation sites is 4. The molecule has 420 valence electrons. The molecule has 6 aromatic rings. The van der Waals surface area contributed by atoms with Crippen molar-refractivity contribution in [3.05, 3.63) is 141 Å². The number of aromatic nitrogens is 4. The van der Waals surface area contributed by atoms with E-state index in [4.69, 9.17) is 27.9 Å². The fourth-order valence-corrected chi connectivity index (χ4v) is 6.67. The highest BCUT2D eigenvalue weighted by atomic mass is 35.5. The number of carbonyl (C=O) groups is 3. The Morgan fingerprint density at radius 2 is 1.04 bits per heavy atom. The molecule has 0 fully saturated rings. The van der Waals surface area contributed by atoms with Gasteiger partial charge in [-0.15, -0.1) is 49.5 Å². The van der Waals surface area contributed by atoms with Crippen molar-refractivity contribution in [3.8, 4) is 33.8 Å². The number of H-pyrrole nitrogens is 2. The third-order valence-corrected chi connectivity index (χ3v) is 10.2. The summed E-state index contributed by atoms with van der Waals surface area (Å²) in [6.07, 6.45) is -3.73. The zero-order valence-electron chi connectivity index (χ0n) is 42.9. The Morgan fingerprint density at radius 1 is 0.615 bits per heavy atom. The first-order valence-electron chi connectivity index (χ1n) is 23.9. The summed E-state index contributed by atoms with van der Waals surface area (Å²) in [4.78, 5) is 76.9. The Balaban J connectivity index is 0.000000325. The van der Waals surface area contributed by atoms with Gasteiger partial charge >= 0.3 is 30.9 Å². The van der Waals surface area contributed by atoms with E-state index in [-0.39, 0.29) is 34.2 Å². The smallest absolute Gasteiger partial charge is 0.444 e. The molecule has 0 radical (unpaired) electrons. The lowest BCUT2D eigenvalue weighted by atomic mass is 10.1. The van der Waals surface area contributed by atoms with Crippen LogP contribution in [0.25, 0.3) is 22.3 Å². The van der Waals surface area contributed by atoms with Crippen LogP contribution in [0, 0.1) is 0 Å². The topological polar surface area (TPSA) is 234 Å². The molecule has 5 amide bonds. The van der Waals surface area contributed by atoms with Gasteiger partial charge in [-0.25, -0.2) is 24.4 Å². The number of aromatic amines is 2. The van der Waals surface area contributed by atoms with Crippen LogP contribution in [-0.2, 0) is 17.8 Å². The van der Waals surface area contributed by atoms with E-state index in [1.807, 2.05) is 39.8 Å². The average Bonchev–Trinajstić information content (AvgIpc) is 3.36. The minimum Gasteiger partial charge on any atom is -0.444 e. The Labute approximate surface area is 454 Å². The molecule has 26 heteroatoms. The van der Waals surface area contributed by atoms with Gasteiger partial charge in [-0.1, -0.05) is 99.5 Å². The molecule has 0 unspecified atom stereocenters. The quantitative estimate of drug-likeness (QED) is 0.0243. The number of urea groups is 2. The van der Waals surface area contributed by atoms with Gasteiger partial charge in [0.25, 0.3) is 11.1 Å². The monoisotopic (exact) mass is 1130 g/mol. The summed E-state index contributed by atoms with van der Waals surface area (Å²) in [5.41, 5.74) is 1.55. The molecule has 0 aliphatic heterocycles. The molecule has 0 aliphatic rings. The standard InChI is InChI=1S/C28H32F3N5O5.C23H24F3N5O3.CH2Cl2/c1-5-6-15-36(26(39)41-27(2,3)4)17-18-11-13-19(14-12-18)20-16-32-24(34-23(20)37)35-25(38)33-21-9-7-8-10-22(21)40-28(29,30)31;1-2-3-12-27-13-15-8-10-16(11-9-15)17-14-28-21(30-20(17)32)31-22(33)29-18-6-4-5-7-19(18)34-23(24,25)26;2-1-3/h7-14,16H,5-6,15,17H2,1-4H3,(H3,32,33,34,35,37,38);4-11,14,27H,2-3,12-13H2,1H3,(H3,28,29,30,31,32,33);1H2. The third kappa shape index (κ3) is 22.4. The zero-order chi connectivity index (χ0) is 57.5. The second-order valence-corrected chi connectivity index (χ2v) is 18.3. The predicted octanol–water partition coefficient (Wildman–Crippen LogP) is 12.8. The van der Waals surface area contributed by atoms with Crippen molar-refractivity contribution < 1.29 is 54.9 Å². The van der Waals surface area contributed by atoms with Crippen LogP contribution in [0.5, 0.6) is 11.5 Å². The lowest BCUT2D eigenvalue weighted by molar-refractivity contribution is -0.275. The number of carbonyl (C=O) groups excluding carboxylic acids is 3. The van der Waals surface area contributed by atoms with Crippen LogP contribution in [0.4, 0.5) is 64.0 Å². The van der Waals surface area contributed by atoms with Crippen LogP contribution in [0.3, 0.4) is 0 Å². The SMILES string of the molecule is CCCCN(Cc1ccc(-c2cnc(NC(=O)Nc3ccccc3OC(F)(F)F)[nH]c2=O)cc1)C(=O)OC(C)(C)C.CCCCNCc1ccc(-c2cnc(NC(=O)Nc3ccccc3OC(F)(F)F)[nH]c2=O)cc1.ClCCl. The minimum atomic E-state index is -4.94. The molecule has 6 rings (SSSR count). The van der Waals surface area contributed by atoms with Crippen LogP contribution in [0.15, 0.2) is 119 Å². The maximum Gasteiger partial charge on any atom is 0.573 e. The second kappa shape index (κ2) is 30.2. The lowest BCUT2D eigenvalue weighted by Gasteiger charge is -2.27. The molecule has 2 aromatic heterocycles. The Bertz CT molecular complexity index is 2990. The maximum absolute atomic E-state index is 12.7. The molecule has 78 heavy (non-hydrogen) atoms. The normalized spacial score (nSPS) is 11.1. The first kappa shape index (κ1) is 62.7. The van der Waals surface area contributed by atoms with Crippen LogP contribution in [0.1, 0.15) is 71.4 Å². The number of benzene rings is 4. The van der Waals surface area contributed by atoms with Crippen molar-refractivity contribution in [2.75, 3.05) is 39.7 Å². The Kier molecular flexibility index (Phi) is 24.3. The van der Waals surface area contributed by atoms with E-state index in [1.54, 1.807) is 41.3 Å². The molecule has 0 saturated carbocycles. The van der Waals surface area contributed by atoms with E-state index in [2.05, 4.69) is 62.9 Å². The number of ether oxygens (including phenoxy) is 3. The summed E-state index contributed by atoms with van der Waals surface area (Å²) in [5, 5.41) is 12.6. The van der Waals surface area contributed by atoms with E-state index in [0.717, 1.165) is 62.0 Å². The van der Waals surface area contributed by atoms with Crippen molar-refractivity contribution in [2.24, 2.45) is 0 Å². The summed E-state index contributed by atoms with van der Waals surface area (Å²) in [6.45, 7) is 12.1. The fourth-order valence-electron chi connectivity index (χ4n) is 6.67. The predicted molar refractivity (Wildman–Crippen MR) is 287 cm³/mol. The Hall–Kier alpha value is -7.83. The second-order valence-electron chi connectivity index (χ2n) is 17.5. The van der Waals surface area contributed by atoms with E-state index >= 15 is 0 Å². The highest BCUT2D eigenvalue weighted by Gasteiger charge is 2.33. The molecular formula is C52H58Cl2F6N10O8. The summed E-state index contributed by atoms with van der Waals surface area (Å²) in [7, 11) is 0. The zero-order valence-corrected chi connectivity index (χ0v) is 44.4. The number of nitrogens with zero attached hydrogens (tertiary/aromatic N) is 3. The largest absolute Gasteiger partial charge is 0.573 e. The van der Waals surface area contributed by atoms with E-state index < -0.39 is 59.1 Å². The first-order chi connectivity index (χ1) is 36.9. The van der Waals surface area contributed by atoms with Crippen LogP contribution in [0.2, 0.25) is 0 Å². The van der Waals surface area contributed by atoms with Gasteiger partial charge in [0.15, 0.2) is 11.5 Å². The van der Waals surface area contributed by atoms with Gasteiger partial charge in [0, 0.05) is 32.0 Å². The number of hydrogen-bond donors (Lipinski definition) is 7. The van der Waals surface area contributed by atoms with Gasteiger partial charge in [-0.05, 0) is 86.7 Å². The van der Waals surface area contributed by atoms with Gasteiger partial charge in [0.05, 0.1) is 27.8 Å². The molecule has 0 atom stereocenters. The molecule has 0 aliphatic carbocycles. The van der Waals surface area contributed by atoms with E-state index in [9.17, 15) is 50.3 Å². The summed E-state index contributed by atoms with van der Waals surface area (Å²) < 4.78 is 88.7. The van der Waals surface area contributed by atoms with E-state index in [0.29, 0.717) is 29.8 Å². The number of alkyl halides is 8. The van der Waals surface area contributed by atoms with Crippen LogP contribution < -0.4 is 47.2 Å². The van der Waals surface area contributed by atoms with Crippen LogP contribution in [-0.4, -0.2) is 79.7 Å². The molecule has 18 nitrogen and oxygen atoms in total. The number of rotatable bonds is 18. The summed E-state index contributed by atoms with van der Waals surface area (Å²) in [5.74, 6) is -1.57. The van der Waals surface area contributed by atoms with Crippen molar-refractivity contribution in [1.82, 2.24) is 30.2 Å².